The molecule has 0 radical (unpaired) electrons. The number of hydrogen-bond acceptors (Lipinski definition) is 2. The molecule has 1 atom stereocenters. The van der Waals surface area contributed by atoms with Gasteiger partial charge in [0.25, 0.3) is 0 Å². The third kappa shape index (κ3) is 4.99. The van der Waals surface area contributed by atoms with Gasteiger partial charge in [-0.15, -0.1) is 0 Å². The average molecular weight is 248 g/mol. The Bertz CT molecular complexity index is 390. The second-order valence-electron chi connectivity index (χ2n) is 4.25. The van der Waals surface area contributed by atoms with Crippen LogP contribution in [-0.2, 0) is 9.59 Å². The molecule has 0 spiro atoms. The quantitative estimate of drug-likeness (QED) is 0.800. The Kier molecular flexibility index (Phi) is 5.91. The smallest absolute Gasteiger partial charge is 0.239 e. The summed E-state index contributed by atoms with van der Waals surface area (Å²) in [6, 6.07) is 10.0. The van der Waals surface area contributed by atoms with Gasteiger partial charge in [0.2, 0.25) is 11.8 Å². The van der Waals surface area contributed by atoms with E-state index in [1.807, 2.05) is 30.3 Å². The lowest BCUT2D eigenvalue weighted by Gasteiger charge is -2.13. The van der Waals surface area contributed by atoms with E-state index in [4.69, 9.17) is 0 Å². The van der Waals surface area contributed by atoms with E-state index in [1.54, 1.807) is 6.92 Å². The summed E-state index contributed by atoms with van der Waals surface area (Å²) in [5, 5.41) is 5.35. The van der Waals surface area contributed by atoms with Crippen molar-refractivity contribution in [2.75, 3.05) is 13.1 Å². The van der Waals surface area contributed by atoms with Gasteiger partial charge in [-0.3, -0.25) is 9.59 Å². The van der Waals surface area contributed by atoms with Gasteiger partial charge >= 0.3 is 0 Å². The highest BCUT2D eigenvalue weighted by Gasteiger charge is 2.07. The van der Waals surface area contributed by atoms with Gasteiger partial charge < -0.3 is 10.6 Å². The van der Waals surface area contributed by atoms with Crippen LogP contribution < -0.4 is 10.6 Å². The maximum absolute atomic E-state index is 11.5. The lowest BCUT2D eigenvalue weighted by Crippen LogP contribution is -2.38. The van der Waals surface area contributed by atoms with Crippen molar-refractivity contribution in [1.82, 2.24) is 10.6 Å². The second-order valence-corrected chi connectivity index (χ2v) is 4.25. The summed E-state index contributed by atoms with van der Waals surface area (Å²) in [7, 11) is 0. The summed E-state index contributed by atoms with van der Waals surface area (Å²) in [5.41, 5.74) is 1.19. The molecule has 0 heterocycles. The van der Waals surface area contributed by atoms with E-state index in [0.717, 1.165) is 0 Å². The third-order valence-electron chi connectivity index (χ3n) is 2.74. The Hall–Kier alpha value is -1.84. The van der Waals surface area contributed by atoms with Gasteiger partial charge in [-0.1, -0.05) is 44.2 Å². The minimum Gasteiger partial charge on any atom is -0.354 e. The van der Waals surface area contributed by atoms with Gasteiger partial charge in [0.1, 0.15) is 0 Å². The highest BCUT2D eigenvalue weighted by molar-refractivity contribution is 5.84. The van der Waals surface area contributed by atoms with Crippen LogP contribution in [0.5, 0.6) is 0 Å². The molecule has 0 saturated carbocycles. The molecule has 0 aliphatic carbocycles. The molecule has 2 amide bonds. The van der Waals surface area contributed by atoms with Crippen molar-refractivity contribution in [3.63, 3.8) is 0 Å². The fourth-order valence-electron chi connectivity index (χ4n) is 1.53. The minimum absolute atomic E-state index is 0.0498. The van der Waals surface area contributed by atoms with Gasteiger partial charge in [-0.25, -0.2) is 0 Å². The number of rotatable bonds is 6. The maximum Gasteiger partial charge on any atom is 0.239 e. The molecule has 0 aliphatic rings. The molecule has 1 unspecified atom stereocenters. The molecule has 4 nitrogen and oxygen atoms in total. The first-order valence-electron chi connectivity index (χ1n) is 6.21. The molecule has 18 heavy (non-hydrogen) atoms. The molecule has 0 aromatic heterocycles. The number of carbonyl (C=O) groups is 2. The fraction of sp³-hybridized carbons (Fsp3) is 0.429. The van der Waals surface area contributed by atoms with E-state index in [2.05, 4.69) is 17.6 Å². The molecule has 1 rings (SSSR count). The van der Waals surface area contributed by atoms with Crippen LogP contribution in [-0.4, -0.2) is 24.9 Å². The summed E-state index contributed by atoms with van der Waals surface area (Å²) in [4.78, 5) is 22.5. The number of nitrogens with one attached hydrogen (secondary N) is 2. The summed E-state index contributed by atoms with van der Waals surface area (Å²) < 4.78 is 0. The zero-order valence-electron chi connectivity index (χ0n) is 10.9. The zero-order chi connectivity index (χ0) is 13.4. The highest BCUT2D eigenvalue weighted by atomic mass is 16.2. The van der Waals surface area contributed by atoms with Crippen molar-refractivity contribution in [3.8, 4) is 0 Å². The first kappa shape index (κ1) is 14.2. The van der Waals surface area contributed by atoms with Crippen molar-refractivity contribution in [2.45, 2.75) is 26.2 Å². The van der Waals surface area contributed by atoms with E-state index < -0.39 is 0 Å². The van der Waals surface area contributed by atoms with Crippen LogP contribution in [0.4, 0.5) is 0 Å². The molecule has 0 bridgehead atoms. The van der Waals surface area contributed by atoms with Gasteiger partial charge in [-0.2, -0.15) is 0 Å². The zero-order valence-corrected chi connectivity index (χ0v) is 10.9. The molecular weight excluding hydrogens is 228 g/mol. The van der Waals surface area contributed by atoms with Crippen molar-refractivity contribution in [2.24, 2.45) is 0 Å². The standard InChI is InChI=1S/C14H20N2O2/c1-3-13(17)16-10-14(18)15-9-11(2)12-7-5-4-6-8-12/h4-8,11H,3,9-10H2,1-2H3,(H,15,18)(H,16,17). The first-order valence-corrected chi connectivity index (χ1v) is 6.21. The van der Waals surface area contributed by atoms with E-state index in [9.17, 15) is 9.59 Å². The topological polar surface area (TPSA) is 58.2 Å². The van der Waals surface area contributed by atoms with E-state index >= 15 is 0 Å². The Morgan fingerprint density at radius 1 is 1.11 bits per heavy atom. The second kappa shape index (κ2) is 7.48. The normalized spacial score (nSPS) is 11.7. The lowest BCUT2D eigenvalue weighted by atomic mass is 10.0. The van der Waals surface area contributed by atoms with Crippen LogP contribution in [0.2, 0.25) is 0 Å². The van der Waals surface area contributed by atoms with Gasteiger partial charge in [0.05, 0.1) is 6.54 Å². The Morgan fingerprint density at radius 3 is 2.39 bits per heavy atom. The van der Waals surface area contributed by atoms with E-state index in [1.165, 1.54) is 5.56 Å². The van der Waals surface area contributed by atoms with Crippen molar-refractivity contribution < 1.29 is 9.59 Å². The van der Waals surface area contributed by atoms with Crippen LogP contribution >= 0.6 is 0 Å². The predicted molar refractivity (Wildman–Crippen MR) is 71.2 cm³/mol. The molecule has 98 valence electrons. The van der Waals surface area contributed by atoms with Crippen molar-refractivity contribution in [1.29, 1.82) is 0 Å². The van der Waals surface area contributed by atoms with Crippen LogP contribution in [0.15, 0.2) is 30.3 Å². The van der Waals surface area contributed by atoms with Crippen LogP contribution in [0.1, 0.15) is 31.7 Å². The van der Waals surface area contributed by atoms with Gasteiger partial charge in [0, 0.05) is 13.0 Å². The Balaban J connectivity index is 2.28. The number of hydrogen-bond donors (Lipinski definition) is 2. The summed E-state index contributed by atoms with van der Waals surface area (Å²) >= 11 is 0. The van der Waals surface area contributed by atoms with Crippen molar-refractivity contribution >= 4 is 11.8 Å². The van der Waals surface area contributed by atoms with Crippen LogP contribution in [0.25, 0.3) is 0 Å². The summed E-state index contributed by atoms with van der Waals surface area (Å²) in [6.07, 6.45) is 0.397. The van der Waals surface area contributed by atoms with E-state index in [0.29, 0.717) is 13.0 Å². The maximum atomic E-state index is 11.5. The number of carbonyl (C=O) groups excluding carboxylic acids is 2. The number of benzene rings is 1. The largest absolute Gasteiger partial charge is 0.354 e. The van der Waals surface area contributed by atoms with Crippen LogP contribution in [0.3, 0.4) is 0 Å². The van der Waals surface area contributed by atoms with Crippen LogP contribution in [0, 0.1) is 0 Å². The van der Waals surface area contributed by atoms with E-state index in [-0.39, 0.29) is 24.3 Å². The molecular formula is C14H20N2O2. The van der Waals surface area contributed by atoms with Gasteiger partial charge in [-0.05, 0) is 11.5 Å². The van der Waals surface area contributed by atoms with Gasteiger partial charge in [0.15, 0.2) is 0 Å². The number of amides is 2. The average Bonchev–Trinajstić information content (AvgIpc) is 2.42. The molecule has 4 heteroatoms. The molecule has 0 saturated heterocycles. The molecule has 1 aromatic rings. The Labute approximate surface area is 108 Å². The summed E-state index contributed by atoms with van der Waals surface area (Å²) in [5.74, 6) is -0.00198. The highest BCUT2D eigenvalue weighted by Crippen LogP contribution is 2.12. The minimum atomic E-state index is -0.153. The SMILES string of the molecule is CCC(=O)NCC(=O)NCC(C)c1ccccc1. The molecule has 0 fully saturated rings. The fourth-order valence-corrected chi connectivity index (χ4v) is 1.53. The molecule has 0 aliphatic heterocycles. The third-order valence-corrected chi connectivity index (χ3v) is 2.74. The lowest BCUT2D eigenvalue weighted by molar-refractivity contribution is -0.125. The molecule has 2 N–H and O–H groups in total. The monoisotopic (exact) mass is 248 g/mol. The molecule has 1 aromatic carbocycles. The summed E-state index contributed by atoms with van der Waals surface area (Å²) in [6.45, 7) is 4.43. The first-order chi connectivity index (χ1) is 8.63. The Morgan fingerprint density at radius 2 is 1.78 bits per heavy atom. The predicted octanol–water partition coefficient (Wildman–Crippen LogP) is 1.43. The van der Waals surface area contributed by atoms with Crippen molar-refractivity contribution in [3.05, 3.63) is 35.9 Å².